The Morgan fingerprint density at radius 1 is 0.524 bits per heavy atom. The molecule has 23 heteroatoms. The van der Waals surface area contributed by atoms with E-state index in [1.165, 1.54) is 12.1 Å². The number of fused-ring (bicyclic) bond motifs is 2. The first kappa shape index (κ1) is 74.7. The highest BCUT2D eigenvalue weighted by Gasteiger charge is 2.27. The molecule has 13 rings (SSSR count). The number of carbonyl (C=O) groups excluding carboxylic acids is 4. The van der Waals surface area contributed by atoms with E-state index in [9.17, 15) is 23.6 Å². The average Bonchev–Trinajstić information content (AvgIpc) is 1.67. The Morgan fingerprint density at radius 2 is 0.943 bits per heavy atom. The second-order valence-electron chi connectivity index (χ2n) is 27.1. The fraction of sp³-hybridized carbons (Fsp3) is 0.366. The van der Waals surface area contributed by atoms with Gasteiger partial charge in [-0.05, 0) is 172 Å². The van der Waals surface area contributed by atoms with Crippen molar-refractivity contribution in [3.63, 3.8) is 0 Å². The number of nitrogens with zero attached hydrogens (tertiary/aromatic N) is 7. The van der Waals surface area contributed by atoms with Crippen LogP contribution in [0, 0.1) is 11.6 Å². The molecule has 4 aromatic heterocycles. The minimum atomic E-state index is -0.357. The number of halogens is 3. The molecule has 3 aliphatic heterocycles. The van der Waals surface area contributed by atoms with E-state index >= 15 is 4.39 Å². The number of alkyl halides is 1. The Kier molecular flexibility index (Phi) is 25.1. The molecule has 0 spiro atoms. The zero-order chi connectivity index (χ0) is 73.5. The third-order valence-electron chi connectivity index (χ3n) is 19.9. The maximum atomic E-state index is 15.2. The number of carbonyl (C=O) groups is 4. The normalized spacial score (nSPS) is 15.8. The third kappa shape index (κ3) is 18.2. The summed E-state index contributed by atoms with van der Waals surface area (Å²) in [4.78, 5) is 66.0. The van der Waals surface area contributed by atoms with Crippen molar-refractivity contribution in [1.82, 2.24) is 61.0 Å². The summed E-state index contributed by atoms with van der Waals surface area (Å²) in [6.07, 6.45) is 8.61. The van der Waals surface area contributed by atoms with E-state index in [0.29, 0.717) is 109 Å². The van der Waals surface area contributed by atoms with Gasteiger partial charge in [0.05, 0.1) is 34.5 Å². The van der Waals surface area contributed by atoms with Gasteiger partial charge < -0.3 is 46.7 Å². The molecule has 3 saturated heterocycles. The van der Waals surface area contributed by atoms with Gasteiger partial charge in [-0.25, -0.2) is 28.1 Å². The molecule has 3 fully saturated rings. The van der Waals surface area contributed by atoms with Crippen LogP contribution in [0.4, 0.5) is 20.2 Å². The number of hydrogen-bond donors (Lipinski definition) is 7. The SMILES string of the molecule is CCc1nc2c(cnn2CC)c(NC2CCOCC2)c1CNC(=O)c1cccc(C(=O)NCc2ccc(F)c(-c3cccc(CCl)c3)c2)c1.CCc1nc2c(cnn2CC)c(NC2CCOCC2)c1CNC(=O)c1cccc(C(=O)NCc2ccc(F)c(-c3cccc(CN4C[C@H](C)NC[C@H]4C)c3)c2)c1. The van der Waals surface area contributed by atoms with Crippen molar-refractivity contribution >= 4 is 68.7 Å². The van der Waals surface area contributed by atoms with Gasteiger partial charge in [0.25, 0.3) is 23.6 Å². The van der Waals surface area contributed by atoms with Crippen LogP contribution in [0.2, 0.25) is 0 Å². The summed E-state index contributed by atoms with van der Waals surface area (Å²) in [5.74, 6) is -1.62. The van der Waals surface area contributed by atoms with E-state index in [4.69, 9.17) is 31.0 Å². The summed E-state index contributed by atoms with van der Waals surface area (Å²) in [7, 11) is 0. The Hall–Kier alpha value is -9.97. The van der Waals surface area contributed by atoms with Gasteiger partial charge in [0.15, 0.2) is 11.3 Å². The zero-order valence-electron chi connectivity index (χ0n) is 60.5. The predicted octanol–water partition coefficient (Wildman–Crippen LogP) is 13.5. The lowest BCUT2D eigenvalue weighted by molar-refractivity contribution is 0.0903. The van der Waals surface area contributed by atoms with E-state index < -0.39 is 0 Å². The molecule has 7 heterocycles. The highest BCUT2D eigenvalue weighted by Crippen LogP contribution is 2.35. The molecule has 20 nitrogen and oxygen atoms in total. The number of nitrogens with one attached hydrogen (secondary N) is 7. The highest BCUT2D eigenvalue weighted by atomic mass is 35.5. The molecule has 548 valence electrons. The van der Waals surface area contributed by atoms with Crippen LogP contribution in [0.3, 0.4) is 0 Å². The second kappa shape index (κ2) is 35.2. The van der Waals surface area contributed by atoms with Crippen LogP contribution >= 0.6 is 11.6 Å². The molecule has 105 heavy (non-hydrogen) atoms. The molecule has 0 radical (unpaired) electrons. The van der Waals surface area contributed by atoms with E-state index in [1.54, 1.807) is 72.8 Å². The third-order valence-corrected chi connectivity index (χ3v) is 20.2. The van der Waals surface area contributed by atoms with Crippen LogP contribution in [0.25, 0.3) is 44.3 Å². The van der Waals surface area contributed by atoms with Gasteiger partial charge in [0.2, 0.25) is 0 Å². The Morgan fingerprint density at radius 3 is 1.37 bits per heavy atom. The van der Waals surface area contributed by atoms with Crippen molar-refractivity contribution in [2.45, 2.75) is 156 Å². The number of pyridine rings is 2. The summed E-state index contributed by atoms with van der Waals surface area (Å²) >= 11 is 5.97. The van der Waals surface area contributed by atoms with Crippen molar-refractivity contribution < 1.29 is 37.4 Å². The second-order valence-corrected chi connectivity index (χ2v) is 27.4. The lowest BCUT2D eigenvalue weighted by Gasteiger charge is -2.37. The van der Waals surface area contributed by atoms with Crippen LogP contribution in [0.15, 0.2) is 146 Å². The molecule has 0 bridgehead atoms. The molecular weight excluding hydrogens is 1350 g/mol. The van der Waals surface area contributed by atoms with Crippen LogP contribution in [-0.2, 0) is 74.0 Å². The van der Waals surface area contributed by atoms with Crippen LogP contribution in [0.1, 0.15) is 153 Å². The smallest absolute Gasteiger partial charge is 0.251 e. The van der Waals surface area contributed by atoms with Gasteiger partial charge in [-0.1, -0.05) is 74.5 Å². The van der Waals surface area contributed by atoms with E-state index in [0.717, 1.165) is 129 Å². The van der Waals surface area contributed by atoms with Crippen molar-refractivity contribution in [3.05, 3.63) is 225 Å². The lowest BCUT2D eigenvalue weighted by atomic mass is 9.99. The van der Waals surface area contributed by atoms with Crippen molar-refractivity contribution in [2.24, 2.45) is 0 Å². The number of ether oxygens (including phenoxy) is 2. The number of aryl methyl sites for hydroxylation is 4. The predicted molar refractivity (Wildman–Crippen MR) is 408 cm³/mol. The summed E-state index contributed by atoms with van der Waals surface area (Å²) in [5.41, 5.74) is 14.6. The van der Waals surface area contributed by atoms with Crippen LogP contribution in [-0.4, -0.2) is 122 Å². The standard InChI is InChI=1S/C44H53FN8O3.C38H40ClFN6O3/c1-5-40-37(41(50-35-15-17-56-18-16-35)38-25-49-53(6-2)42(38)51-40)24-48-44(55)34-12-8-11-33(21-34)43(54)47-23-30-13-14-39(45)36(20-30)32-10-7-9-31(19-32)27-52-26-28(3)46-22-29(52)4;1-3-34-31(35(44-29-13-15-49-16-14-29)32-23-43-46(4-2)36(32)45-34)22-42-38(48)28-10-6-9-27(19-28)37(47)41-21-25-11-12-33(40)30(18-25)26-8-5-7-24(17-26)20-39/h7-14,19-21,25,28-29,35,46H,5-6,15-18,22-24,26-27H2,1-4H3,(H,47,54)(H,48,55)(H,50,51);5-12,17-19,23,29H,3-4,13-16,20-22H2,1-2H3,(H,41,47)(H,42,48)(H,44,45)/t28-,29+;/m0./s1. The number of piperazine rings is 1. The maximum Gasteiger partial charge on any atom is 0.251 e. The van der Waals surface area contributed by atoms with E-state index in [-0.39, 0.29) is 73.5 Å². The summed E-state index contributed by atoms with van der Waals surface area (Å²) in [6.45, 7) is 20.4. The molecular formula is C82H93ClF2N14O6. The van der Waals surface area contributed by atoms with E-state index in [1.807, 2.05) is 72.0 Å². The Bertz CT molecular complexity index is 4740. The number of anilines is 2. The van der Waals surface area contributed by atoms with Gasteiger partial charge in [-0.15, -0.1) is 11.6 Å². The van der Waals surface area contributed by atoms with E-state index in [2.05, 4.69) is 92.1 Å². The number of hydrogen-bond acceptors (Lipinski definition) is 14. The Balaban J connectivity index is 0.000000199. The van der Waals surface area contributed by atoms with Gasteiger partial charge in [-0.3, -0.25) is 24.1 Å². The van der Waals surface area contributed by atoms with Gasteiger partial charge >= 0.3 is 0 Å². The number of benzene rings is 6. The van der Waals surface area contributed by atoms with Gasteiger partial charge in [-0.2, -0.15) is 10.2 Å². The molecule has 0 aliphatic carbocycles. The maximum absolute atomic E-state index is 15.2. The van der Waals surface area contributed by atoms with Gasteiger partial charge in [0.1, 0.15) is 11.6 Å². The molecule has 7 N–H and O–H groups in total. The summed E-state index contributed by atoms with van der Waals surface area (Å²) < 4.78 is 44.9. The molecule has 4 amide bonds. The number of aromatic nitrogens is 6. The topological polar surface area (TPSA) is 236 Å². The van der Waals surface area contributed by atoms with Crippen molar-refractivity contribution in [2.75, 3.05) is 50.2 Å². The van der Waals surface area contributed by atoms with Crippen molar-refractivity contribution in [3.8, 4) is 22.3 Å². The first-order chi connectivity index (χ1) is 51.1. The van der Waals surface area contributed by atoms with Crippen LogP contribution in [0.5, 0.6) is 0 Å². The Labute approximate surface area is 616 Å². The molecule has 10 aromatic rings. The molecule has 3 aliphatic rings. The number of amides is 4. The minimum absolute atomic E-state index is 0.185. The fourth-order valence-corrected chi connectivity index (χ4v) is 14.1. The summed E-state index contributed by atoms with van der Waals surface area (Å²) in [6, 6.07) is 39.7. The largest absolute Gasteiger partial charge is 0.381 e. The zero-order valence-corrected chi connectivity index (χ0v) is 61.3. The molecule has 0 unspecified atom stereocenters. The number of rotatable bonds is 25. The average molecular weight is 1440 g/mol. The monoisotopic (exact) mass is 1440 g/mol. The highest BCUT2D eigenvalue weighted by molar-refractivity contribution is 6.17. The van der Waals surface area contributed by atoms with Gasteiger partial charge in [0, 0.05) is 171 Å². The van der Waals surface area contributed by atoms with Crippen molar-refractivity contribution in [1.29, 1.82) is 0 Å². The first-order valence-corrected chi connectivity index (χ1v) is 37.2. The lowest BCUT2D eigenvalue weighted by Crippen LogP contribution is -2.53. The first-order valence-electron chi connectivity index (χ1n) is 36.6. The fourth-order valence-electron chi connectivity index (χ4n) is 13.9. The summed E-state index contributed by atoms with van der Waals surface area (Å²) in [5, 5.41) is 34.0. The molecule has 0 saturated carbocycles. The molecule has 2 atom stereocenters. The van der Waals surface area contributed by atoms with Crippen LogP contribution < -0.4 is 37.2 Å². The minimum Gasteiger partial charge on any atom is -0.381 e. The quantitative estimate of drug-likeness (QED) is 0.0264. The molecule has 6 aromatic carbocycles.